The number of ketones is 1. The number of carboxylic acid groups (broad SMARTS) is 1. The Morgan fingerprint density at radius 2 is 1.20 bits per heavy atom. The molecule has 3 aromatic carbocycles. The topological polar surface area (TPSA) is 609 Å². The lowest BCUT2D eigenvalue weighted by molar-refractivity contribution is -0.141. The monoisotopic (exact) mass is 1810 g/mol. The lowest BCUT2D eigenvalue weighted by Crippen LogP contribution is -2.60. The van der Waals surface area contributed by atoms with Crippen molar-refractivity contribution in [3.8, 4) is 5.75 Å². The van der Waals surface area contributed by atoms with Crippen LogP contribution in [0.15, 0.2) is 90.1 Å². The zero-order valence-corrected chi connectivity index (χ0v) is 74.9. The van der Waals surface area contributed by atoms with Gasteiger partial charge in [-0.15, -0.1) is 0 Å². The first-order valence-corrected chi connectivity index (χ1v) is 45.0. The van der Waals surface area contributed by atoms with Crippen molar-refractivity contribution in [3.05, 3.63) is 102 Å². The van der Waals surface area contributed by atoms with Crippen molar-refractivity contribution in [3.63, 3.8) is 0 Å². The first kappa shape index (κ1) is 108. The first-order chi connectivity index (χ1) is 61.9. The van der Waals surface area contributed by atoms with Crippen molar-refractivity contribution in [2.75, 3.05) is 72.8 Å². The third-order valence-corrected chi connectivity index (χ3v) is 21.9. The molecule has 13 amide bonds. The third-order valence-electron chi connectivity index (χ3n) is 21.9. The number of aliphatic hydroxyl groups is 2. The highest BCUT2D eigenvalue weighted by molar-refractivity contribution is 5.99. The highest BCUT2D eigenvalue weighted by atomic mass is 16.5. The van der Waals surface area contributed by atoms with Gasteiger partial charge < -0.3 is 121 Å². The van der Waals surface area contributed by atoms with Gasteiger partial charge in [0.25, 0.3) is 0 Å². The zero-order valence-electron chi connectivity index (χ0n) is 74.9. The summed E-state index contributed by atoms with van der Waals surface area (Å²) in [5.41, 5.74) is 19.5. The lowest BCUT2D eigenvalue weighted by Gasteiger charge is -2.30. The molecule has 0 spiro atoms. The molecule has 39 nitrogen and oxygen atoms in total. The number of benzene rings is 3. The Balaban J connectivity index is 0.000000457. The van der Waals surface area contributed by atoms with E-state index in [2.05, 4.69) is 73.8 Å². The van der Waals surface area contributed by atoms with Crippen LogP contribution in [-0.2, 0) is 101 Å². The van der Waals surface area contributed by atoms with Gasteiger partial charge in [-0.1, -0.05) is 145 Å². The summed E-state index contributed by atoms with van der Waals surface area (Å²) in [7, 11) is 1.55. The number of guanidine groups is 1. The summed E-state index contributed by atoms with van der Waals surface area (Å²) >= 11 is 0. The number of carbonyl (C=O) groups is 15. The maximum atomic E-state index is 14.4. The highest BCUT2D eigenvalue weighted by Gasteiger charge is 2.43. The lowest BCUT2D eigenvalue weighted by atomic mass is 10.0. The number of hydrogen-bond donors (Lipinski definition) is 20. The highest BCUT2D eigenvalue weighted by Crippen LogP contribution is 2.24. The van der Waals surface area contributed by atoms with Crippen LogP contribution in [-0.4, -0.2) is 264 Å². The number of carbonyl (C=O) groups excluding carboxylic acids is 14. The van der Waals surface area contributed by atoms with Crippen molar-refractivity contribution < 1.29 is 102 Å². The molecule has 0 unspecified atom stereocenters. The zero-order chi connectivity index (χ0) is 94.4. The Bertz CT molecular complexity index is 4230. The van der Waals surface area contributed by atoms with Crippen molar-refractivity contribution in [1.82, 2.24) is 73.7 Å². The molecule has 4 aromatic rings. The number of aromatic nitrogens is 1. The van der Waals surface area contributed by atoms with Gasteiger partial charge >= 0.3 is 5.97 Å². The number of aliphatic imine (C=N–C) groups is 1. The van der Waals surface area contributed by atoms with Crippen LogP contribution in [0.4, 0.5) is 0 Å². The summed E-state index contributed by atoms with van der Waals surface area (Å²) < 4.78 is 10.8. The molecule has 0 radical (unpaired) electrons. The number of likely N-dealkylation sites (N-methyl/N-ethyl adjacent to an activating group) is 1. The van der Waals surface area contributed by atoms with E-state index in [1.165, 1.54) is 69.4 Å². The van der Waals surface area contributed by atoms with Crippen molar-refractivity contribution in [1.29, 1.82) is 0 Å². The van der Waals surface area contributed by atoms with Crippen molar-refractivity contribution in [2.24, 2.45) is 22.2 Å². The number of Topliss-reactive ketones (excluding diaryl/α,β-unsaturated/α-hetero) is 1. The predicted molar refractivity (Wildman–Crippen MR) is 481 cm³/mol. The summed E-state index contributed by atoms with van der Waals surface area (Å²) in [6, 6.07) is 10.6. The first-order valence-electron chi connectivity index (χ1n) is 45.0. The number of phenols is 1. The molecule has 39 heteroatoms. The van der Waals surface area contributed by atoms with Gasteiger partial charge in [-0.05, 0) is 114 Å². The molecule has 0 aliphatic carbocycles. The average Bonchev–Trinajstić information content (AvgIpc) is 1.82. The molecule has 2 fully saturated rings. The van der Waals surface area contributed by atoms with E-state index in [-0.39, 0.29) is 146 Å². The molecule has 6 rings (SSSR count). The maximum absolute atomic E-state index is 14.4. The van der Waals surface area contributed by atoms with Gasteiger partial charge in [0.15, 0.2) is 11.7 Å². The number of aromatic amines is 1. The molecule has 11 atom stereocenters. The van der Waals surface area contributed by atoms with E-state index in [0.29, 0.717) is 61.9 Å². The second-order valence-corrected chi connectivity index (χ2v) is 32.5. The minimum absolute atomic E-state index is 0.00470. The van der Waals surface area contributed by atoms with Gasteiger partial charge in [-0.2, -0.15) is 0 Å². The van der Waals surface area contributed by atoms with E-state index in [1.807, 2.05) is 31.2 Å². The number of hydrogen-bond acceptors (Lipinski definition) is 22. The Morgan fingerprint density at radius 1 is 0.605 bits per heavy atom. The second kappa shape index (κ2) is 60.9. The van der Waals surface area contributed by atoms with E-state index in [1.54, 1.807) is 55.7 Å². The summed E-state index contributed by atoms with van der Waals surface area (Å²) in [5.74, 6) is -9.04. The van der Waals surface area contributed by atoms with Gasteiger partial charge in [-0.25, -0.2) is 0 Å². The minimum atomic E-state index is -1.43. The van der Waals surface area contributed by atoms with E-state index < -0.39 is 144 Å². The van der Waals surface area contributed by atoms with Crippen LogP contribution in [0.2, 0.25) is 0 Å². The van der Waals surface area contributed by atoms with Crippen LogP contribution >= 0.6 is 0 Å². The number of fused-ring (bicyclic) bond motifs is 2. The summed E-state index contributed by atoms with van der Waals surface area (Å²) in [5, 5.41) is 72.1. The molecule has 3 heterocycles. The minimum Gasteiger partial charge on any atom is -0.508 e. The molecular formula is C90H138N18O21. The Hall–Kier alpha value is -11.7. The van der Waals surface area contributed by atoms with Gasteiger partial charge in [-0.3, -0.25) is 76.9 Å². The maximum Gasteiger partial charge on any atom is 0.303 e. The smallest absolute Gasteiger partial charge is 0.303 e. The summed E-state index contributed by atoms with van der Waals surface area (Å²) in [6.45, 7) is 4.82. The fraction of sp³-hybridized carbons (Fsp3) is 0.600. The number of aliphatic hydroxyl groups excluding tert-OH is 2. The Kier molecular flexibility index (Phi) is 51.0. The molecule has 129 heavy (non-hydrogen) atoms. The molecule has 2 aliphatic rings. The molecule has 23 N–H and O–H groups in total. The van der Waals surface area contributed by atoms with Crippen LogP contribution in [0.25, 0.3) is 10.9 Å². The van der Waals surface area contributed by atoms with Crippen molar-refractivity contribution >= 4 is 105 Å². The van der Waals surface area contributed by atoms with E-state index >= 15 is 0 Å². The molecule has 2 aliphatic heterocycles. The number of phenolic OH excluding ortho intramolecular Hbond substituents is 1. The van der Waals surface area contributed by atoms with Crippen molar-refractivity contribution in [2.45, 2.75) is 273 Å². The number of aromatic hydroxyl groups is 1. The number of ether oxygens (including phenoxy) is 2. The standard InChI is InChI=1S/C47H78N6O13.C43H60N12O8/c1-4-5-18-38(35(3)55)51-47(64)40(32-54)53-46(63)39(31-36-21-23-37(56)24-22-36)52-45(62)34(2)50-42(58)25-26-48-43(59)33-66-30-29-65-28-27-49-41(57)19-16-14-12-10-8-6-7-9-11-13-15-17-20-44(60)61;1-47-32-16-17-36(57)48-18-8-7-14-30(37(44)58)51-40(61)34(21-26-23-50-29-13-6-5-12-28(26)29)53-38(59)31(15-9-19-49-43(45)46)52-39(60)33(20-25-10-3-2-4-11-25)54-41(62)35-22-27(56)24-55(35)42(32)63/h21-24,34,38-40,54,56H,4-20,25-33H2,1-3H3,(H,48,59)(H,49,57)(H,50,58)(H,51,64)(H,52,62)(H,53,63)(H,60,61);2-6,10-13,23,27,30-35,47,50,56H,7-9,14-22,24H2,1H3,(H2,44,58)(H,48,57)(H,51,61)(H,52,60)(H,53,59)(H,54,62)(H4,45,46,49)/t34-,38-,39-,40-;27-,30+,31+,32+,33-,34+,35+/m01/s1. The molecule has 0 saturated carbocycles. The SMILES string of the molecule is CCCC[C@H](NC(=O)[C@H](CO)NC(=O)[C@H](Cc1ccc(O)cc1)NC(=O)[C@H](C)NC(=O)CCNC(=O)COCCOCCNC(=O)CCCCCCCCCCCCCCC(=O)O)C(C)=O.CN[C@H]1CCC(=O)NCCCC[C@@H](C(N)=O)NC(=O)[C@H](Cc2c[nH]c3ccccc23)NC(=O)[C@H](CCCN=C(N)N)NC(=O)[C@@H](Cc2ccccc2)NC(=O)[C@@H]2C[C@@H](O)CN2C1=O. The molecule has 0 bridgehead atoms. The molecular weight excluding hydrogens is 1670 g/mol. The van der Waals surface area contributed by atoms with E-state index in [4.69, 9.17) is 31.8 Å². The number of nitrogens with two attached hydrogens (primary N) is 3. The average molecular weight is 1810 g/mol. The number of para-hydroxylation sites is 1. The predicted octanol–water partition coefficient (Wildman–Crippen LogP) is 0.928. The quantitative estimate of drug-likeness (QED) is 0.0166. The van der Waals surface area contributed by atoms with Gasteiger partial charge in [0.2, 0.25) is 76.8 Å². The normalized spacial score (nSPS) is 18.8. The fourth-order valence-electron chi connectivity index (χ4n) is 14.6. The number of unbranched alkanes of at least 4 members (excludes halogenated alkanes) is 12. The number of carboxylic acids is 1. The molecule has 1 aromatic heterocycles. The van der Waals surface area contributed by atoms with Crippen LogP contribution in [0.1, 0.15) is 204 Å². The number of rotatable bonds is 50. The number of nitrogens with zero attached hydrogens (tertiary/aromatic N) is 2. The number of amides is 13. The second-order valence-electron chi connectivity index (χ2n) is 32.5. The molecule has 2 saturated heterocycles. The number of H-pyrrole nitrogens is 1. The third kappa shape index (κ3) is 42.9. The van der Waals surface area contributed by atoms with Crippen LogP contribution < -0.4 is 81.0 Å². The Labute approximate surface area is 753 Å². The molecule has 714 valence electrons. The number of aliphatic carboxylic acids is 1. The van der Waals surface area contributed by atoms with E-state index in [0.717, 1.165) is 55.8 Å². The van der Waals surface area contributed by atoms with Crippen LogP contribution in [0.5, 0.6) is 5.75 Å². The van der Waals surface area contributed by atoms with Gasteiger partial charge in [0.1, 0.15) is 60.7 Å². The number of primary amides is 1. The number of nitrogens with one attached hydrogen (secondary N) is 13. The largest absolute Gasteiger partial charge is 0.508 e. The Morgan fingerprint density at radius 3 is 1.85 bits per heavy atom. The summed E-state index contributed by atoms with van der Waals surface area (Å²) in [6.07, 6.45) is 17.2. The fourth-order valence-corrected chi connectivity index (χ4v) is 14.6. The van der Waals surface area contributed by atoms with Gasteiger partial charge in [0, 0.05) is 101 Å². The van der Waals surface area contributed by atoms with Gasteiger partial charge in [0.05, 0.1) is 44.6 Å². The van der Waals surface area contributed by atoms with Crippen LogP contribution in [0, 0.1) is 0 Å². The van der Waals surface area contributed by atoms with E-state index in [9.17, 15) is 87.2 Å². The van der Waals surface area contributed by atoms with Crippen LogP contribution in [0.3, 0.4) is 0 Å². The summed E-state index contributed by atoms with van der Waals surface area (Å²) in [4.78, 5) is 204.